The number of rotatable bonds is 3. The summed E-state index contributed by atoms with van der Waals surface area (Å²) < 4.78 is 5.63. The van der Waals surface area contributed by atoms with E-state index in [0.29, 0.717) is 12.2 Å². The van der Waals surface area contributed by atoms with Crippen LogP contribution in [0, 0.1) is 5.92 Å². The number of hydrogen-bond donors (Lipinski definition) is 1. The second-order valence-corrected chi connectivity index (χ2v) is 3.33. The molecule has 1 N–H and O–H groups in total. The van der Waals surface area contributed by atoms with Gasteiger partial charge in [-0.1, -0.05) is 32.9 Å². The maximum absolute atomic E-state index is 5.63. The van der Waals surface area contributed by atoms with Crippen LogP contribution in [0.15, 0.2) is 12.2 Å². The third-order valence-corrected chi connectivity index (χ3v) is 2.50. The Morgan fingerprint density at radius 2 is 2.23 bits per heavy atom. The van der Waals surface area contributed by atoms with Crippen molar-refractivity contribution < 1.29 is 6.16 Å². The molecule has 0 aromatic heterocycles. The van der Waals surface area contributed by atoms with Crippen molar-refractivity contribution in [3.63, 3.8) is 0 Å². The van der Waals surface area contributed by atoms with Crippen molar-refractivity contribution >= 4 is 0 Å². The molecule has 0 amide bonds. The summed E-state index contributed by atoms with van der Waals surface area (Å²) in [5.74, 6) is 0.727. The summed E-state index contributed by atoms with van der Waals surface area (Å²) in [7, 11) is 0. The van der Waals surface area contributed by atoms with E-state index in [1.54, 1.807) is 0 Å². The van der Waals surface area contributed by atoms with Gasteiger partial charge < -0.3 is 10.1 Å². The zero-order chi connectivity index (χ0) is 9.68. The Balaban J connectivity index is 0.000000531. The third kappa shape index (κ3) is 2.55. The molecule has 0 spiro atoms. The molecule has 2 aliphatic rings. The Bertz CT molecular complexity index is 173. The molecular weight excluding hydrogens is 162 g/mol. The molecule has 1 fully saturated rings. The van der Waals surface area contributed by atoms with Crippen LogP contribution in [0.25, 0.3) is 0 Å². The minimum atomic E-state index is 0. The van der Waals surface area contributed by atoms with Crippen LogP contribution in [0.3, 0.4) is 0 Å². The maximum atomic E-state index is 5.63. The maximum Gasteiger partial charge on any atom is 0.0806 e. The predicted molar refractivity (Wildman–Crippen MR) is 57.9 cm³/mol. The third-order valence-electron chi connectivity index (χ3n) is 2.50. The van der Waals surface area contributed by atoms with Crippen LogP contribution in [-0.4, -0.2) is 25.3 Å². The Hall–Kier alpha value is -0.340. The van der Waals surface area contributed by atoms with Crippen molar-refractivity contribution in [1.29, 1.82) is 0 Å². The quantitative estimate of drug-likeness (QED) is 0.681. The number of fused-ring (bicyclic) bond motifs is 2. The van der Waals surface area contributed by atoms with Crippen LogP contribution >= 0.6 is 0 Å². The monoisotopic (exact) mass is 185 g/mol. The van der Waals surface area contributed by atoms with Gasteiger partial charge in [-0.15, -0.1) is 0 Å². The Morgan fingerprint density at radius 3 is 2.69 bits per heavy atom. The second kappa shape index (κ2) is 5.40. The Kier molecular flexibility index (Phi) is 4.46. The van der Waals surface area contributed by atoms with Crippen LogP contribution in [-0.2, 0) is 4.74 Å². The van der Waals surface area contributed by atoms with Crippen LogP contribution in [0.2, 0.25) is 0 Å². The Labute approximate surface area is 82.8 Å². The lowest BCUT2D eigenvalue weighted by atomic mass is 9.94. The largest absolute Gasteiger partial charge is 0.367 e. The molecule has 3 unspecified atom stereocenters. The van der Waals surface area contributed by atoms with Crippen LogP contribution < -0.4 is 5.32 Å². The van der Waals surface area contributed by atoms with Gasteiger partial charge in [-0.25, -0.2) is 0 Å². The molecule has 2 nitrogen and oxygen atoms in total. The van der Waals surface area contributed by atoms with E-state index in [-0.39, 0.29) is 1.43 Å². The first-order chi connectivity index (χ1) is 6.40. The van der Waals surface area contributed by atoms with E-state index in [1.807, 2.05) is 13.8 Å². The van der Waals surface area contributed by atoms with Gasteiger partial charge in [-0.2, -0.15) is 0 Å². The SMILES string of the molecule is CC.CCNCC1CC2C=CC1O2.[HH]. The summed E-state index contributed by atoms with van der Waals surface area (Å²) in [5, 5.41) is 3.36. The molecule has 2 aliphatic heterocycles. The van der Waals surface area contributed by atoms with Crippen molar-refractivity contribution in [2.45, 2.75) is 39.4 Å². The van der Waals surface area contributed by atoms with Gasteiger partial charge in [0.15, 0.2) is 0 Å². The molecule has 13 heavy (non-hydrogen) atoms. The molecule has 78 valence electrons. The first-order valence-electron chi connectivity index (χ1n) is 5.44. The van der Waals surface area contributed by atoms with Crippen LogP contribution in [0.1, 0.15) is 28.6 Å². The molecular formula is C11H23NO. The zero-order valence-corrected chi connectivity index (χ0v) is 8.92. The summed E-state index contributed by atoms with van der Waals surface area (Å²) in [5.41, 5.74) is 0. The lowest BCUT2D eigenvalue weighted by molar-refractivity contribution is 0.108. The van der Waals surface area contributed by atoms with E-state index in [1.165, 1.54) is 6.42 Å². The van der Waals surface area contributed by atoms with Crippen molar-refractivity contribution in [2.75, 3.05) is 13.1 Å². The molecule has 0 aromatic rings. The summed E-state index contributed by atoms with van der Waals surface area (Å²) >= 11 is 0. The average Bonchev–Trinajstić information content (AvgIpc) is 2.79. The van der Waals surface area contributed by atoms with Crippen molar-refractivity contribution in [3.8, 4) is 0 Å². The van der Waals surface area contributed by atoms with E-state index in [0.717, 1.165) is 19.0 Å². The molecule has 2 rings (SSSR count). The highest BCUT2D eigenvalue weighted by atomic mass is 16.5. The fraction of sp³-hybridized carbons (Fsp3) is 0.818. The average molecular weight is 185 g/mol. The Morgan fingerprint density at radius 1 is 1.46 bits per heavy atom. The molecule has 1 saturated heterocycles. The molecule has 2 bridgehead atoms. The summed E-state index contributed by atoms with van der Waals surface area (Å²) in [6.45, 7) is 8.32. The lowest BCUT2D eigenvalue weighted by Crippen LogP contribution is -2.27. The smallest absolute Gasteiger partial charge is 0.0806 e. The number of ether oxygens (including phenoxy) is 1. The molecule has 3 atom stereocenters. The van der Waals surface area contributed by atoms with Gasteiger partial charge in [0, 0.05) is 13.9 Å². The summed E-state index contributed by atoms with van der Waals surface area (Å²) in [6.07, 6.45) is 6.46. The standard InChI is InChI=1S/C9H15NO.C2H6.H2/c1-2-10-6-7-5-8-3-4-9(7)11-8;1-2;/h3-4,7-10H,2,5-6H2,1H3;1-2H3;1H. The fourth-order valence-electron chi connectivity index (χ4n) is 1.89. The van der Waals surface area contributed by atoms with E-state index in [4.69, 9.17) is 4.74 Å². The predicted octanol–water partition coefficient (Wildman–Crippen LogP) is 2.21. The highest BCUT2D eigenvalue weighted by Crippen LogP contribution is 2.32. The summed E-state index contributed by atoms with van der Waals surface area (Å²) in [6, 6.07) is 0. The molecule has 2 heteroatoms. The van der Waals surface area contributed by atoms with E-state index >= 15 is 0 Å². The first kappa shape index (κ1) is 10.7. The van der Waals surface area contributed by atoms with E-state index in [2.05, 4.69) is 24.4 Å². The van der Waals surface area contributed by atoms with Gasteiger partial charge in [0.25, 0.3) is 0 Å². The van der Waals surface area contributed by atoms with E-state index < -0.39 is 0 Å². The minimum absolute atomic E-state index is 0. The van der Waals surface area contributed by atoms with Gasteiger partial charge >= 0.3 is 0 Å². The van der Waals surface area contributed by atoms with Crippen molar-refractivity contribution in [2.24, 2.45) is 5.92 Å². The van der Waals surface area contributed by atoms with Gasteiger partial charge in [0.05, 0.1) is 12.2 Å². The zero-order valence-electron chi connectivity index (χ0n) is 8.92. The first-order valence-corrected chi connectivity index (χ1v) is 5.44. The lowest BCUT2D eigenvalue weighted by Gasteiger charge is -2.14. The van der Waals surface area contributed by atoms with Crippen molar-refractivity contribution in [3.05, 3.63) is 12.2 Å². The molecule has 2 heterocycles. The topological polar surface area (TPSA) is 21.3 Å². The van der Waals surface area contributed by atoms with Crippen LogP contribution in [0.5, 0.6) is 0 Å². The normalized spacial score (nSPS) is 34.5. The van der Waals surface area contributed by atoms with Crippen molar-refractivity contribution in [1.82, 2.24) is 5.32 Å². The second-order valence-electron chi connectivity index (χ2n) is 3.33. The molecule has 0 radical (unpaired) electrons. The van der Waals surface area contributed by atoms with Gasteiger partial charge in [-0.3, -0.25) is 0 Å². The molecule has 0 aromatic carbocycles. The summed E-state index contributed by atoms with van der Waals surface area (Å²) in [4.78, 5) is 0. The highest BCUT2D eigenvalue weighted by Gasteiger charge is 2.35. The van der Waals surface area contributed by atoms with E-state index in [9.17, 15) is 0 Å². The van der Waals surface area contributed by atoms with Gasteiger partial charge in [-0.05, 0) is 13.0 Å². The van der Waals surface area contributed by atoms with Gasteiger partial charge in [0.1, 0.15) is 0 Å². The van der Waals surface area contributed by atoms with Gasteiger partial charge in [0.2, 0.25) is 0 Å². The minimum Gasteiger partial charge on any atom is -0.367 e. The number of nitrogens with one attached hydrogen (secondary N) is 1. The molecule has 0 aliphatic carbocycles. The molecule has 0 saturated carbocycles. The highest BCUT2D eigenvalue weighted by molar-refractivity contribution is 5.11. The van der Waals surface area contributed by atoms with Crippen LogP contribution in [0.4, 0.5) is 0 Å². The number of hydrogen-bond acceptors (Lipinski definition) is 2. The fourth-order valence-corrected chi connectivity index (χ4v) is 1.89.